The predicted molar refractivity (Wildman–Crippen MR) is 73.4 cm³/mol. The van der Waals surface area contributed by atoms with Crippen LogP contribution in [0.5, 0.6) is 0 Å². The van der Waals surface area contributed by atoms with Gasteiger partial charge in [-0.3, -0.25) is 0 Å². The van der Waals surface area contributed by atoms with Crippen LogP contribution in [0.2, 0.25) is 0 Å². The molecule has 2 amide bonds. The van der Waals surface area contributed by atoms with Crippen molar-refractivity contribution in [2.45, 2.75) is 51.1 Å². The van der Waals surface area contributed by atoms with E-state index < -0.39 is 12.0 Å². The van der Waals surface area contributed by atoms with E-state index in [0.717, 1.165) is 32.1 Å². The summed E-state index contributed by atoms with van der Waals surface area (Å²) in [6.07, 6.45) is 4.82. The third-order valence-corrected chi connectivity index (χ3v) is 4.55. The van der Waals surface area contributed by atoms with E-state index >= 15 is 0 Å². The maximum atomic E-state index is 12.7. The lowest BCUT2D eigenvalue weighted by Crippen LogP contribution is -2.52. The molecule has 0 spiro atoms. The summed E-state index contributed by atoms with van der Waals surface area (Å²) in [5.74, 6) is -0.949. The van der Waals surface area contributed by atoms with Crippen LogP contribution < -0.4 is 0 Å². The fraction of sp³-hybridized carbons (Fsp3) is 0.857. The van der Waals surface area contributed by atoms with Crippen LogP contribution in [0.25, 0.3) is 0 Å². The summed E-state index contributed by atoms with van der Waals surface area (Å²) in [7, 11) is 0. The Hall–Kier alpha value is -1.30. The van der Waals surface area contributed by atoms with Gasteiger partial charge < -0.3 is 20.0 Å². The standard InChI is InChI=1S/C14H24N2O4/c1-10-6-7-16(12(10)13(18)19)14(20)15(8-9-17)11-4-2-3-5-11/h10-12,17H,2-9H2,1H3,(H,18,19). The number of urea groups is 1. The SMILES string of the molecule is CC1CCN(C(=O)N(CCO)C2CCCC2)C1C(=O)O. The van der Waals surface area contributed by atoms with Crippen molar-refractivity contribution >= 4 is 12.0 Å². The summed E-state index contributed by atoms with van der Waals surface area (Å²) in [6, 6.07) is -0.798. The molecule has 2 rings (SSSR count). The molecule has 1 aliphatic heterocycles. The molecule has 1 aliphatic carbocycles. The van der Waals surface area contributed by atoms with Gasteiger partial charge in [-0.05, 0) is 25.2 Å². The molecule has 0 aromatic rings. The summed E-state index contributed by atoms with van der Waals surface area (Å²) < 4.78 is 0. The van der Waals surface area contributed by atoms with Gasteiger partial charge in [-0.15, -0.1) is 0 Å². The van der Waals surface area contributed by atoms with Gasteiger partial charge in [-0.25, -0.2) is 9.59 Å². The second kappa shape index (κ2) is 6.43. The molecule has 0 radical (unpaired) electrons. The van der Waals surface area contributed by atoms with Gasteiger partial charge in [0, 0.05) is 19.1 Å². The van der Waals surface area contributed by atoms with Crippen molar-refractivity contribution in [3.8, 4) is 0 Å². The summed E-state index contributed by atoms with van der Waals surface area (Å²) in [5.41, 5.74) is 0. The molecule has 0 aromatic carbocycles. The average Bonchev–Trinajstić information content (AvgIpc) is 3.04. The molecule has 2 aliphatic rings. The quantitative estimate of drug-likeness (QED) is 0.811. The number of carboxylic acid groups (broad SMARTS) is 1. The van der Waals surface area contributed by atoms with Crippen LogP contribution in [0.4, 0.5) is 4.79 Å². The van der Waals surface area contributed by atoms with E-state index in [1.807, 2.05) is 6.92 Å². The Morgan fingerprint density at radius 2 is 1.90 bits per heavy atom. The van der Waals surface area contributed by atoms with Crippen LogP contribution in [0, 0.1) is 5.92 Å². The molecular formula is C14H24N2O4. The molecule has 0 bridgehead atoms. The van der Waals surface area contributed by atoms with Gasteiger partial charge in [-0.1, -0.05) is 19.8 Å². The molecule has 1 saturated carbocycles. The van der Waals surface area contributed by atoms with Crippen molar-refractivity contribution in [1.82, 2.24) is 9.80 Å². The van der Waals surface area contributed by atoms with E-state index in [1.165, 1.54) is 4.90 Å². The minimum atomic E-state index is -0.932. The second-order valence-electron chi connectivity index (χ2n) is 5.88. The highest BCUT2D eigenvalue weighted by Gasteiger charge is 2.42. The first kappa shape index (κ1) is 15.1. The Balaban J connectivity index is 2.12. The van der Waals surface area contributed by atoms with E-state index in [4.69, 9.17) is 0 Å². The zero-order valence-electron chi connectivity index (χ0n) is 12.0. The van der Waals surface area contributed by atoms with Crippen LogP contribution >= 0.6 is 0 Å². The molecule has 2 atom stereocenters. The van der Waals surface area contributed by atoms with Gasteiger partial charge in [-0.2, -0.15) is 0 Å². The molecule has 1 heterocycles. The maximum absolute atomic E-state index is 12.7. The van der Waals surface area contributed by atoms with E-state index in [9.17, 15) is 19.8 Å². The van der Waals surface area contributed by atoms with Crippen LogP contribution in [0.3, 0.4) is 0 Å². The molecule has 20 heavy (non-hydrogen) atoms. The predicted octanol–water partition coefficient (Wildman–Crippen LogP) is 1.14. The molecule has 1 saturated heterocycles. The van der Waals surface area contributed by atoms with Crippen LogP contribution in [-0.4, -0.2) is 63.8 Å². The van der Waals surface area contributed by atoms with Gasteiger partial charge in [0.2, 0.25) is 0 Å². The lowest BCUT2D eigenvalue weighted by Gasteiger charge is -2.34. The molecule has 0 aromatic heterocycles. The Kier molecular flexibility index (Phi) is 4.86. The molecule has 2 fully saturated rings. The number of likely N-dealkylation sites (tertiary alicyclic amines) is 1. The molecule has 6 nitrogen and oxygen atoms in total. The number of aliphatic hydroxyl groups excluding tert-OH is 1. The maximum Gasteiger partial charge on any atom is 0.326 e. The van der Waals surface area contributed by atoms with Crippen molar-refractivity contribution < 1.29 is 19.8 Å². The Labute approximate surface area is 119 Å². The third-order valence-electron chi connectivity index (χ3n) is 4.55. The van der Waals surface area contributed by atoms with Gasteiger partial charge in [0.15, 0.2) is 0 Å². The number of carbonyl (C=O) groups is 2. The van der Waals surface area contributed by atoms with E-state index in [1.54, 1.807) is 4.90 Å². The van der Waals surface area contributed by atoms with Gasteiger partial charge in [0.25, 0.3) is 0 Å². The van der Waals surface area contributed by atoms with E-state index in [0.29, 0.717) is 13.1 Å². The third kappa shape index (κ3) is 2.90. The monoisotopic (exact) mass is 284 g/mol. The number of carbonyl (C=O) groups excluding carboxylic acids is 1. The number of nitrogens with zero attached hydrogens (tertiary/aromatic N) is 2. The minimum absolute atomic E-state index is 0.0176. The second-order valence-corrected chi connectivity index (χ2v) is 5.88. The van der Waals surface area contributed by atoms with Crippen LogP contribution in [0.1, 0.15) is 39.0 Å². The lowest BCUT2D eigenvalue weighted by atomic mass is 10.0. The molecule has 2 N–H and O–H groups in total. The smallest absolute Gasteiger partial charge is 0.326 e. The van der Waals surface area contributed by atoms with Crippen LogP contribution in [0.15, 0.2) is 0 Å². The summed E-state index contributed by atoms with van der Waals surface area (Å²) in [4.78, 5) is 27.2. The zero-order chi connectivity index (χ0) is 14.7. The highest BCUT2D eigenvalue weighted by Crippen LogP contribution is 2.29. The topological polar surface area (TPSA) is 81.1 Å². The molecular weight excluding hydrogens is 260 g/mol. The number of carboxylic acids is 1. The van der Waals surface area contributed by atoms with Crippen molar-refractivity contribution in [3.05, 3.63) is 0 Å². The van der Waals surface area contributed by atoms with Crippen LogP contribution in [-0.2, 0) is 4.79 Å². The fourth-order valence-corrected chi connectivity index (χ4v) is 3.46. The summed E-state index contributed by atoms with van der Waals surface area (Å²) in [6.45, 7) is 2.58. The number of rotatable bonds is 4. The fourth-order valence-electron chi connectivity index (χ4n) is 3.46. The van der Waals surface area contributed by atoms with Gasteiger partial charge in [0.1, 0.15) is 6.04 Å². The highest BCUT2D eigenvalue weighted by molar-refractivity contribution is 5.83. The first-order valence-corrected chi connectivity index (χ1v) is 7.47. The number of amides is 2. The lowest BCUT2D eigenvalue weighted by molar-refractivity contribution is -0.142. The van der Waals surface area contributed by atoms with Crippen molar-refractivity contribution in [1.29, 1.82) is 0 Å². The number of hydrogen-bond donors (Lipinski definition) is 2. The van der Waals surface area contributed by atoms with E-state index in [2.05, 4.69) is 0 Å². The van der Waals surface area contributed by atoms with Gasteiger partial charge >= 0.3 is 12.0 Å². The summed E-state index contributed by atoms with van der Waals surface area (Å²) in [5, 5.41) is 18.5. The molecule has 114 valence electrons. The number of aliphatic hydroxyl groups is 1. The van der Waals surface area contributed by atoms with Gasteiger partial charge in [0.05, 0.1) is 6.61 Å². The minimum Gasteiger partial charge on any atom is -0.480 e. The largest absolute Gasteiger partial charge is 0.480 e. The highest BCUT2D eigenvalue weighted by atomic mass is 16.4. The number of hydrogen-bond acceptors (Lipinski definition) is 3. The first-order valence-electron chi connectivity index (χ1n) is 7.47. The van der Waals surface area contributed by atoms with Crippen molar-refractivity contribution in [2.75, 3.05) is 19.7 Å². The molecule has 2 unspecified atom stereocenters. The Bertz CT molecular complexity index is 368. The molecule has 6 heteroatoms. The number of aliphatic carboxylic acids is 1. The Morgan fingerprint density at radius 1 is 1.25 bits per heavy atom. The van der Waals surface area contributed by atoms with Crippen molar-refractivity contribution in [2.24, 2.45) is 5.92 Å². The summed E-state index contributed by atoms with van der Waals surface area (Å²) >= 11 is 0. The van der Waals surface area contributed by atoms with E-state index in [-0.39, 0.29) is 24.6 Å². The first-order chi connectivity index (χ1) is 9.56. The van der Waals surface area contributed by atoms with Crippen molar-refractivity contribution in [3.63, 3.8) is 0 Å². The normalized spacial score (nSPS) is 27.0. The Morgan fingerprint density at radius 3 is 2.45 bits per heavy atom. The average molecular weight is 284 g/mol. The zero-order valence-corrected chi connectivity index (χ0v) is 12.0.